The van der Waals surface area contributed by atoms with Gasteiger partial charge in [0.1, 0.15) is 6.10 Å². The Hall–Kier alpha value is -0.940. The zero-order valence-electron chi connectivity index (χ0n) is 9.91. The van der Waals surface area contributed by atoms with E-state index < -0.39 is 6.10 Å². The van der Waals surface area contributed by atoms with E-state index in [1.165, 1.54) is 0 Å². The molecule has 94 valence electrons. The lowest BCUT2D eigenvalue weighted by atomic mass is 10.1. The van der Waals surface area contributed by atoms with Gasteiger partial charge in [0.15, 0.2) is 6.29 Å². The van der Waals surface area contributed by atoms with Gasteiger partial charge in [-0.2, -0.15) is 0 Å². The van der Waals surface area contributed by atoms with Crippen LogP contribution in [-0.2, 0) is 20.8 Å². The van der Waals surface area contributed by atoms with Gasteiger partial charge in [0, 0.05) is 13.5 Å². The van der Waals surface area contributed by atoms with Gasteiger partial charge in [0.05, 0.1) is 19.3 Å². The fraction of sp³-hybridized carbons (Fsp3) is 0.538. The first-order valence-electron chi connectivity index (χ1n) is 5.77. The summed E-state index contributed by atoms with van der Waals surface area (Å²) in [6.07, 6.45) is -0.525. The Labute approximate surface area is 101 Å². The molecule has 3 atom stereocenters. The second-order valence-corrected chi connectivity index (χ2v) is 4.14. The molecule has 4 nitrogen and oxygen atoms in total. The van der Waals surface area contributed by atoms with Crippen LogP contribution in [0.1, 0.15) is 12.0 Å². The summed E-state index contributed by atoms with van der Waals surface area (Å²) in [6.45, 7) is 0.761. The molecule has 1 N–H and O–H groups in total. The Morgan fingerprint density at radius 1 is 1.35 bits per heavy atom. The van der Waals surface area contributed by atoms with E-state index in [-0.39, 0.29) is 19.0 Å². The minimum atomic E-state index is -0.579. The highest BCUT2D eigenvalue weighted by Gasteiger charge is 2.30. The van der Waals surface area contributed by atoms with Gasteiger partial charge in [0.25, 0.3) is 0 Å². The van der Waals surface area contributed by atoms with Crippen LogP contribution in [0.4, 0.5) is 0 Å². The van der Waals surface area contributed by atoms with Crippen LogP contribution in [0.25, 0.3) is 0 Å². The highest BCUT2D eigenvalue weighted by atomic mass is 16.7. The molecular weight excluding hydrogens is 220 g/mol. The standard InChI is InChI=1S/C13H18O4/c1-15-13-7-12(11(14)9-17-13)16-8-10-5-3-2-4-6-10/h2-6,11-14H,7-9H2,1H3/t11-,12+,13-/m1/s1. The summed E-state index contributed by atoms with van der Waals surface area (Å²) < 4.78 is 16.1. The lowest BCUT2D eigenvalue weighted by molar-refractivity contribution is -0.218. The van der Waals surface area contributed by atoms with Crippen LogP contribution in [0.5, 0.6) is 0 Å². The molecule has 0 aromatic heterocycles. The Bertz CT molecular complexity index is 327. The normalized spacial score (nSPS) is 29.2. The predicted octanol–water partition coefficient (Wildman–Crippen LogP) is 1.33. The van der Waals surface area contributed by atoms with Crippen molar-refractivity contribution in [3.05, 3.63) is 35.9 Å². The second kappa shape index (κ2) is 6.12. The molecule has 0 bridgehead atoms. The van der Waals surface area contributed by atoms with E-state index in [9.17, 15) is 5.11 Å². The third-order valence-corrected chi connectivity index (χ3v) is 2.88. The SMILES string of the molecule is CO[C@H]1C[C@H](OCc2ccccc2)[C@H](O)CO1. The van der Waals surface area contributed by atoms with Crippen molar-refractivity contribution >= 4 is 0 Å². The lowest BCUT2D eigenvalue weighted by Gasteiger charge is -2.32. The number of methoxy groups -OCH3 is 1. The summed E-state index contributed by atoms with van der Waals surface area (Å²) in [5.74, 6) is 0. The largest absolute Gasteiger partial charge is 0.388 e. The van der Waals surface area contributed by atoms with Crippen LogP contribution in [0.15, 0.2) is 30.3 Å². The highest BCUT2D eigenvalue weighted by molar-refractivity contribution is 5.13. The van der Waals surface area contributed by atoms with Crippen LogP contribution >= 0.6 is 0 Å². The summed E-state index contributed by atoms with van der Waals surface area (Å²) in [7, 11) is 1.59. The molecule has 1 aliphatic heterocycles. The number of aliphatic hydroxyl groups excluding tert-OH is 1. The minimum Gasteiger partial charge on any atom is -0.388 e. The molecule has 0 spiro atoms. The molecule has 1 heterocycles. The number of aliphatic hydroxyl groups is 1. The number of ether oxygens (including phenoxy) is 3. The van der Waals surface area contributed by atoms with Crippen LogP contribution in [0.3, 0.4) is 0 Å². The first-order chi connectivity index (χ1) is 8.29. The smallest absolute Gasteiger partial charge is 0.159 e. The van der Waals surface area contributed by atoms with Crippen molar-refractivity contribution in [1.29, 1.82) is 0 Å². The predicted molar refractivity (Wildman–Crippen MR) is 62.4 cm³/mol. The van der Waals surface area contributed by atoms with Crippen LogP contribution in [-0.4, -0.2) is 37.3 Å². The van der Waals surface area contributed by atoms with Gasteiger partial charge in [-0.25, -0.2) is 0 Å². The van der Waals surface area contributed by atoms with Crippen LogP contribution < -0.4 is 0 Å². The third kappa shape index (κ3) is 3.51. The second-order valence-electron chi connectivity index (χ2n) is 4.14. The maximum absolute atomic E-state index is 9.75. The fourth-order valence-electron chi connectivity index (χ4n) is 1.85. The number of benzene rings is 1. The van der Waals surface area contributed by atoms with E-state index in [1.54, 1.807) is 7.11 Å². The van der Waals surface area contributed by atoms with Crippen molar-refractivity contribution < 1.29 is 19.3 Å². The maximum Gasteiger partial charge on any atom is 0.159 e. The van der Waals surface area contributed by atoms with E-state index in [0.29, 0.717) is 13.0 Å². The van der Waals surface area contributed by atoms with Crippen molar-refractivity contribution in [3.63, 3.8) is 0 Å². The van der Waals surface area contributed by atoms with E-state index in [1.807, 2.05) is 30.3 Å². The first-order valence-corrected chi connectivity index (χ1v) is 5.77. The molecule has 0 unspecified atom stereocenters. The molecule has 4 heteroatoms. The fourth-order valence-corrected chi connectivity index (χ4v) is 1.85. The molecule has 0 amide bonds. The summed E-state index contributed by atoms with van der Waals surface area (Å²) in [5.41, 5.74) is 1.10. The quantitative estimate of drug-likeness (QED) is 0.859. The van der Waals surface area contributed by atoms with E-state index in [0.717, 1.165) is 5.56 Å². The van der Waals surface area contributed by atoms with Gasteiger partial charge >= 0.3 is 0 Å². The average Bonchev–Trinajstić information content (AvgIpc) is 2.39. The lowest BCUT2D eigenvalue weighted by Crippen LogP contribution is -2.43. The van der Waals surface area contributed by atoms with Crippen LogP contribution in [0, 0.1) is 0 Å². The Morgan fingerprint density at radius 2 is 2.12 bits per heavy atom. The van der Waals surface area contributed by atoms with Gasteiger partial charge in [0.2, 0.25) is 0 Å². The first kappa shape index (κ1) is 12.5. The van der Waals surface area contributed by atoms with Crippen molar-refractivity contribution in [1.82, 2.24) is 0 Å². The topological polar surface area (TPSA) is 47.9 Å². The summed E-state index contributed by atoms with van der Waals surface area (Å²) in [4.78, 5) is 0. The number of hydrogen-bond acceptors (Lipinski definition) is 4. The average molecular weight is 238 g/mol. The zero-order chi connectivity index (χ0) is 12.1. The molecular formula is C13H18O4. The summed E-state index contributed by atoms with van der Waals surface area (Å²) >= 11 is 0. The van der Waals surface area contributed by atoms with Crippen molar-refractivity contribution in [2.45, 2.75) is 31.5 Å². The molecule has 0 saturated carbocycles. The molecule has 1 fully saturated rings. The monoisotopic (exact) mass is 238 g/mol. The molecule has 1 aliphatic rings. The Morgan fingerprint density at radius 3 is 2.82 bits per heavy atom. The van der Waals surface area contributed by atoms with E-state index in [2.05, 4.69) is 0 Å². The summed E-state index contributed by atoms with van der Waals surface area (Å²) in [5, 5.41) is 9.75. The van der Waals surface area contributed by atoms with E-state index >= 15 is 0 Å². The molecule has 1 aromatic rings. The maximum atomic E-state index is 9.75. The van der Waals surface area contributed by atoms with Gasteiger partial charge in [-0.3, -0.25) is 0 Å². The Balaban J connectivity index is 1.85. The molecule has 17 heavy (non-hydrogen) atoms. The van der Waals surface area contributed by atoms with Gasteiger partial charge < -0.3 is 19.3 Å². The van der Waals surface area contributed by atoms with Crippen LogP contribution in [0.2, 0.25) is 0 Å². The van der Waals surface area contributed by atoms with Crippen molar-refractivity contribution in [2.24, 2.45) is 0 Å². The minimum absolute atomic E-state index is 0.228. The van der Waals surface area contributed by atoms with Crippen molar-refractivity contribution in [2.75, 3.05) is 13.7 Å². The molecule has 2 rings (SSSR count). The molecule has 1 aromatic carbocycles. The Kier molecular flexibility index (Phi) is 4.50. The van der Waals surface area contributed by atoms with Gasteiger partial charge in [-0.1, -0.05) is 30.3 Å². The third-order valence-electron chi connectivity index (χ3n) is 2.88. The molecule has 0 radical (unpaired) electrons. The van der Waals surface area contributed by atoms with Gasteiger partial charge in [-0.05, 0) is 5.56 Å². The molecule has 0 aliphatic carbocycles. The zero-order valence-corrected chi connectivity index (χ0v) is 9.91. The van der Waals surface area contributed by atoms with Gasteiger partial charge in [-0.15, -0.1) is 0 Å². The van der Waals surface area contributed by atoms with E-state index in [4.69, 9.17) is 14.2 Å². The molecule has 1 saturated heterocycles. The highest BCUT2D eigenvalue weighted by Crippen LogP contribution is 2.19. The number of rotatable bonds is 4. The van der Waals surface area contributed by atoms with Crippen molar-refractivity contribution in [3.8, 4) is 0 Å². The number of hydrogen-bond donors (Lipinski definition) is 1. The summed E-state index contributed by atoms with van der Waals surface area (Å²) in [6, 6.07) is 9.90.